The highest BCUT2D eigenvalue weighted by molar-refractivity contribution is 6.18. The third kappa shape index (κ3) is 11.2. The molecule has 2 amide bonds. The van der Waals surface area contributed by atoms with Crippen LogP contribution >= 0.6 is 11.6 Å². The third-order valence-electron chi connectivity index (χ3n) is 13.3. The number of nitrogens with one attached hydrogen (secondary N) is 1. The zero-order valence-electron chi connectivity index (χ0n) is 37.9. The summed E-state index contributed by atoms with van der Waals surface area (Å²) in [5.74, 6) is -0.589. The lowest BCUT2D eigenvalue weighted by atomic mass is 9.55. The van der Waals surface area contributed by atoms with Crippen LogP contribution in [0.3, 0.4) is 0 Å². The van der Waals surface area contributed by atoms with Gasteiger partial charge in [-0.25, -0.2) is 9.59 Å². The zero-order valence-corrected chi connectivity index (χ0v) is 38.6. The molecule has 16 heteroatoms. The van der Waals surface area contributed by atoms with E-state index in [0.29, 0.717) is 54.6 Å². The van der Waals surface area contributed by atoms with Crippen LogP contribution in [0, 0.1) is 17.8 Å². The minimum Gasteiger partial charge on any atom is -0.459 e. The number of unbranched alkanes of at least 4 members (excludes halogenated alkanes) is 2. The molecule has 2 aliphatic carbocycles. The summed E-state index contributed by atoms with van der Waals surface area (Å²) >= 11 is 6.14. The van der Waals surface area contributed by atoms with Crippen molar-refractivity contribution in [1.29, 1.82) is 0 Å². The first-order valence-corrected chi connectivity index (χ1v) is 24.1. The summed E-state index contributed by atoms with van der Waals surface area (Å²) in [6.45, 7) is 5.14. The van der Waals surface area contributed by atoms with Gasteiger partial charge in [-0.05, 0) is 97.4 Å². The number of rotatable bonds is 21. The average Bonchev–Trinajstić information content (AvgIpc) is 3.83. The highest BCUT2D eigenvalue weighted by atomic mass is 35.5. The van der Waals surface area contributed by atoms with Gasteiger partial charge >= 0.3 is 12.2 Å². The number of allylic oxidation sites excluding steroid dienone is 1. The maximum atomic E-state index is 14.7. The summed E-state index contributed by atoms with van der Waals surface area (Å²) in [6, 6.07) is 19.6. The van der Waals surface area contributed by atoms with Crippen molar-refractivity contribution < 1.29 is 57.8 Å². The quantitative estimate of drug-likeness (QED) is 0.0401. The number of aliphatic hydroxyl groups is 2. The van der Waals surface area contributed by atoms with Crippen LogP contribution in [0.4, 0.5) is 9.59 Å². The number of ether oxygens (including phenoxy) is 7. The number of benzene rings is 3. The predicted molar refractivity (Wildman–Crippen MR) is 249 cm³/mol. The number of hydrogen-bond acceptors (Lipinski definition) is 13. The van der Waals surface area contributed by atoms with Crippen molar-refractivity contribution in [3.05, 3.63) is 108 Å². The topological polar surface area (TPSA) is 176 Å². The number of amides is 2. The van der Waals surface area contributed by atoms with Crippen LogP contribution < -0.4 is 24.3 Å². The van der Waals surface area contributed by atoms with Crippen molar-refractivity contribution in [3.8, 4) is 23.0 Å². The van der Waals surface area contributed by atoms with Gasteiger partial charge < -0.3 is 53.5 Å². The van der Waals surface area contributed by atoms with E-state index in [1.807, 2.05) is 54.6 Å². The fraction of sp³-hybridized carbons (Fsp3) is 0.510. The smallest absolute Gasteiger partial charge is 0.412 e. The molecule has 1 saturated carbocycles. The molecule has 3 heterocycles. The predicted octanol–water partition coefficient (Wildman–Crippen LogP) is 8.74. The largest absolute Gasteiger partial charge is 0.459 e. The molecule has 3 aromatic carbocycles. The van der Waals surface area contributed by atoms with E-state index in [4.69, 9.17) is 54.8 Å². The van der Waals surface area contributed by atoms with Crippen LogP contribution in [0.2, 0.25) is 0 Å². The van der Waals surface area contributed by atoms with E-state index in [1.165, 1.54) is 0 Å². The average molecular weight is 945 g/mol. The number of fused-ring (bicyclic) bond motifs is 3. The van der Waals surface area contributed by atoms with Gasteiger partial charge in [0.25, 0.3) is 0 Å². The van der Waals surface area contributed by atoms with Gasteiger partial charge in [-0.3, -0.25) is 4.90 Å². The maximum Gasteiger partial charge on any atom is 0.412 e. The molecule has 3 aliphatic heterocycles. The van der Waals surface area contributed by atoms with Gasteiger partial charge in [-0.15, -0.1) is 18.2 Å². The highest BCUT2D eigenvalue weighted by Crippen LogP contribution is 2.62. The summed E-state index contributed by atoms with van der Waals surface area (Å²) in [5, 5.41) is 27.8. The van der Waals surface area contributed by atoms with Gasteiger partial charge in [-0.2, -0.15) is 0 Å². The molecule has 360 valence electrons. The van der Waals surface area contributed by atoms with Crippen LogP contribution in [0.1, 0.15) is 86.8 Å². The molecule has 67 heavy (non-hydrogen) atoms. The minimum absolute atomic E-state index is 0.0191. The Balaban J connectivity index is 1.29. The van der Waals surface area contributed by atoms with Gasteiger partial charge in [0.2, 0.25) is 18.9 Å². The Labute approximate surface area is 396 Å². The number of aliphatic hydroxyl groups excluding tert-OH is 2. The van der Waals surface area contributed by atoms with Gasteiger partial charge in [0.15, 0.2) is 11.5 Å². The van der Waals surface area contributed by atoms with Gasteiger partial charge in [0, 0.05) is 50.6 Å². The molecular weight excluding hydrogens is 882 g/mol. The molecule has 3 aromatic rings. The van der Waals surface area contributed by atoms with E-state index in [9.17, 15) is 19.8 Å². The van der Waals surface area contributed by atoms with Crippen molar-refractivity contribution in [2.75, 3.05) is 45.7 Å². The molecule has 15 nitrogen and oxygen atoms in total. The molecule has 0 bridgehead atoms. The van der Waals surface area contributed by atoms with E-state index in [0.717, 1.165) is 60.8 Å². The normalized spacial score (nSPS) is 25.2. The molecule has 1 saturated heterocycles. The Morgan fingerprint density at radius 2 is 1.76 bits per heavy atom. The van der Waals surface area contributed by atoms with Crippen molar-refractivity contribution >= 4 is 29.5 Å². The second-order valence-corrected chi connectivity index (χ2v) is 17.9. The Morgan fingerprint density at radius 1 is 0.955 bits per heavy atom. The lowest BCUT2D eigenvalue weighted by Gasteiger charge is -2.59. The Bertz CT molecular complexity index is 2220. The zero-order chi connectivity index (χ0) is 46.6. The van der Waals surface area contributed by atoms with E-state index in [1.54, 1.807) is 23.1 Å². The lowest BCUT2D eigenvalue weighted by molar-refractivity contribution is -0.256. The number of nitrogens with zero attached hydrogens (tertiary/aromatic N) is 2. The van der Waals surface area contributed by atoms with Crippen LogP contribution in [-0.2, 0) is 32.1 Å². The molecule has 7 atom stereocenters. The van der Waals surface area contributed by atoms with E-state index < -0.39 is 36.2 Å². The molecule has 1 unspecified atom stereocenters. The van der Waals surface area contributed by atoms with E-state index in [-0.39, 0.29) is 76.4 Å². The summed E-state index contributed by atoms with van der Waals surface area (Å²) in [7, 11) is 0. The minimum atomic E-state index is -1.57. The molecule has 5 aliphatic rings. The molecule has 8 rings (SSSR count). The van der Waals surface area contributed by atoms with Gasteiger partial charge in [0.1, 0.15) is 24.1 Å². The Kier molecular flexibility index (Phi) is 16.6. The third-order valence-corrected chi connectivity index (χ3v) is 13.4. The monoisotopic (exact) mass is 943 g/mol. The molecule has 0 spiro atoms. The van der Waals surface area contributed by atoms with Crippen molar-refractivity contribution in [1.82, 2.24) is 10.2 Å². The van der Waals surface area contributed by atoms with Crippen LogP contribution in [-0.4, -0.2) is 96.8 Å². The molecule has 0 radical (unpaired) electrons. The first kappa shape index (κ1) is 48.1. The summed E-state index contributed by atoms with van der Waals surface area (Å²) in [6.07, 6.45) is 9.00. The molecule has 0 aromatic heterocycles. The second kappa shape index (κ2) is 23.1. The maximum absolute atomic E-state index is 14.7. The first-order chi connectivity index (χ1) is 32.8. The van der Waals surface area contributed by atoms with Crippen LogP contribution in [0.5, 0.6) is 23.0 Å². The van der Waals surface area contributed by atoms with Crippen LogP contribution in [0.15, 0.2) is 96.2 Å². The van der Waals surface area contributed by atoms with Crippen molar-refractivity contribution in [2.45, 2.75) is 101 Å². The molecule has 2 fully saturated rings. The second-order valence-electron chi connectivity index (χ2n) is 17.5. The molecular formula is C51H62ClN3O12. The lowest BCUT2D eigenvalue weighted by Crippen LogP contribution is -2.70. The number of alkyl halides is 1. The highest BCUT2D eigenvalue weighted by Gasteiger charge is 2.66. The fourth-order valence-electron chi connectivity index (χ4n) is 10.3. The first-order valence-electron chi connectivity index (χ1n) is 23.6. The summed E-state index contributed by atoms with van der Waals surface area (Å²) < 4.78 is 43.7. The van der Waals surface area contributed by atoms with E-state index >= 15 is 0 Å². The van der Waals surface area contributed by atoms with Gasteiger partial charge in [0.05, 0.1) is 30.7 Å². The number of halogens is 1. The standard InChI is InChI=1S/C51H62ClN3O12/c1-2-24-64-51-45(55(50(59)61-26-21-52)32-35-17-19-43-44(27-35)63-33-62-43)30-41(54-67-46-16-8-11-25-60-46)39-28-36(14-6-9-22-56)38(15-7-10-23-57)47(48(39)51)40-29-37(18-20-42(40)66-51)65-49(58)53-31-34-12-4-3-5-13-34/h2-5,12-13,17-20,27-29,36,38,45-48,56-57H,1,6-11,14-16,21-26,30-33H2,(H,53,58)/t36-,38+,45-,46?,47+,48+,51+/m0/s1. The molecule has 3 N–H and O–H groups in total. The van der Waals surface area contributed by atoms with Crippen LogP contribution in [0.25, 0.3) is 0 Å². The van der Waals surface area contributed by atoms with E-state index in [2.05, 4.69) is 18.0 Å². The SMILES string of the molecule is C=CCO[C@@]12Oc3ccc(OC(=O)NCc4ccccc4)cc3[C@H]3[C@H](CCCCO)[C@@H](CCCCO)C=C(C(=NOC4CCCCO4)C[C@@H]1N(Cc1ccc4c(c1)OCO4)C(=O)OCCCl)[C@H]32. The number of oxime groups is 1. The Hall–Kier alpha value is -5.32. The van der Waals surface area contributed by atoms with Gasteiger partial charge in [-0.1, -0.05) is 66.5 Å². The number of hydrogen-bond donors (Lipinski definition) is 3. The van der Waals surface area contributed by atoms with Crippen molar-refractivity contribution in [3.63, 3.8) is 0 Å². The summed E-state index contributed by atoms with van der Waals surface area (Å²) in [5.41, 5.74) is 3.92. The number of carbonyl (C=O) groups excluding carboxylic acids is 2. The van der Waals surface area contributed by atoms with Crippen molar-refractivity contribution in [2.24, 2.45) is 22.9 Å². The summed E-state index contributed by atoms with van der Waals surface area (Å²) in [4.78, 5) is 36.0. The number of carbonyl (C=O) groups is 2. The Morgan fingerprint density at radius 3 is 2.54 bits per heavy atom. The fourth-order valence-corrected chi connectivity index (χ4v) is 10.4.